The number of carbonyl (C=O) groups excluding carboxylic acids is 1. The Morgan fingerprint density at radius 3 is 2.62 bits per heavy atom. The predicted octanol–water partition coefficient (Wildman–Crippen LogP) is 3.11. The van der Waals surface area contributed by atoms with Crippen LogP contribution in [-0.4, -0.2) is 35.6 Å². The van der Waals surface area contributed by atoms with Crippen LogP contribution in [0.15, 0.2) is 24.3 Å². The Bertz CT molecular complexity index is 656. The summed E-state index contributed by atoms with van der Waals surface area (Å²) in [5, 5.41) is 9.73. The molecule has 24 heavy (non-hydrogen) atoms. The number of amides is 1. The Labute approximate surface area is 139 Å². The topological polar surface area (TPSA) is 40.5 Å². The molecule has 3 rings (SSSR count). The fraction of sp³-hybridized carbons (Fsp3) is 0.611. The SMILES string of the molecule is CC1(C)C[C@]2(CO)CN(C(=O)Cc3cccc(C(F)(F)F)c3)C[C@H]12. The molecule has 0 radical (unpaired) electrons. The van der Waals surface area contributed by atoms with E-state index in [2.05, 4.69) is 13.8 Å². The highest BCUT2D eigenvalue weighted by molar-refractivity contribution is 5.79. The van der Waals surface area contributed by atoms with E-state index in [1.807, 2.05) is 0 Å². The van der Waals surface area contributed by atoms with E-state index in [9.17, 15) is 23.1 Å². The van der Waals surface area contributed by atoms with Crippen molar-refractivity contribution in [2.45, 2.75) is 32.9 Å². The lowest BCUT2D eigenvalue weighted by molar-refractivity contribution is -0.138. The van der Waals surface area contributed by atoms with Crippen LogP contribution in [0, 0.1) is 16.7 Å². The third-order valence-electron chi connectivity index (χ3n) is 5.68. The van der Waals surface area contributed by atoms with Gasteiger partial charge < -0.3 is 10.0 Å². The average molecular weight is 341 g/mol. The number of fused-ring (bicyclic) bond motifs is 1. The van der Waals surface area contributed by atoms with Gasteiger partial charge in [-0.15, -0.1) is 0 Å². The van der Waals surface area contributed by atoms with Gasteiger partial charge in [0.15, 0.2) is 0 Å². The van der Waals surface area contributed by atoms with Crippen molar-refractivity contribution in [1.29, 1.82) is 0 Å². The first-order valence-electron chi connectivity index (χ1n) is 8.12. The molecule has 3 nitrogen and oxygen atoms in total. The van der Waals surface area contributed by atoms with Gasteiger partial charge in [0.05, 0.1) is 18.6 Å². The summed E-state index contributed by atoms with van der Waals surface area (Å²) < 4.78 is 38.3. The summed E-state index contributed by atoms with van der Waals surface area (Å²) in [5.41, 5.74) is -0.505. The molecular weight excluding hydrogens is 319 g/mol. The van der Waals surface area contributed by atoms with Gasteiger partial charge >= 0.3 is 6.18 Å². The van der Waals surface area contributed by atoms with E-state index in [4.69, 9.17) is 0 Å². The third kappa shape index (κ3) is 2.81. The minimum absolute atomic E-state index is 0.0431. The summed E-state index contributed by atoms with van der Waals surface area (Å²) in [6.07, 6.45) is -3.58. The van der Waals surface area contributed by atoms with Gasteiger partial charge in [0, 0.05) is 18.5 Å². The van der Waals surface area contributed by atoms with E-state index in [0.29, 0.717) is 18.7 Å². The zero-order valence-electron chi connectivity index (χ0n) is 13.9. The number of rotatable bonds is 3. The Morgan fingerprint density at radius 1 is 1.38 bits per heavy atom. The number of aliphatic hydroxyl groups excluding tert-OH is 1. The Kier molecular flexibility index (Phi) is 3.94. The van der Waals surface area contributed by atoms with Crippen LogP contribution in [0.3, 0.4) is 0 Å². The Hall–Kier alpha value is -1.56. The van der Waals surface area contributed by atoms with Crippen molar-refractivity contribution in [2.24, 2.45) is 16.7 Å². The minimum atomic E-state index is -4.41. The lowest BCUT2D eigenvalue weighted by atomic mass is 9.48. The summed E-state index contributed by atoms with van der Waals surface area (Å²) in [6.45, 7) is 5.38. The highest BCUT2D eigenvalue weighted by Crippen LogP contribution is 2.62. The lowest BCUT2D eigenvalue weighted by Gasteiger charge is -2.55. The number of carbonyl (C=O) groups is 1. The van der Waals surface area contributed by atoms with E-state index in [1.165, 1.54) is 6.07 Å². The van der Waals surface area contributed by atoms with Crippen molar-refractivity contribution in [1.82, 2.24) is 4.90 Å². The number of hydrogen-bond acceptors (Lipinski definition) is 2. The van der Waals surface area contributed by atoms with Crippen molar-refractivity contribution < 1.29 is 23.1 Å². The second-order valence-electron chi connectivity index (χ2n) is 7.89. The molecule has 0 spiro atoms. The van der Waals surface area contributed by atoms with Crippen LogP contribution in [0.5, 0.6) is 0 Å². The molecule has 0 aromatic heterocycles. The maximum absolute atomic E-state index is 12.8. The molecular formula is C18H22F3NO2. The summed E-state index contributed by atoms with van der Waals surface area (Å²) in [7, 11) is 0. The van der Waals surface area contributed by atoms with Crippen LogP contribution in [0.2, 0.25) is 0 Å². The average Bonchev–Trinajstić information content (AvgIpc) is 2.82. The van der Waals surface area contributed by atoms with E-state index in [-0.39, 0.29) is 35.7 Å². The highest BCUT2D eigenvalue weighted by Gasteiger charge is 2.62. The number of halogens is 3. The normalized spacial score (nSPS) is 28.4. The van der Waals surface area contributed by atoms with E-state index < -0.39 is 11.7 Å². The second kappa shape index (κ2) is 5.48. The van der Waals surface area contributed by atoms with E-state index >= 15 is 0 Å². The maximum Gasteiger partial charge on any atom is 0.416 e. The van der Waals surface area contributed by atoms with Gasteiger partial charge in [0.25, 0.3) is 0 Å². The van der Waals surface area contributed by atoms with Crippen LogP contribution < -0.4 is 0 Å². The molecule has 2 atom stereocenters. The van der Waals surface area contributed by atoms with Crippen LogP contribution in [0.4, 0.5) is 13.2 Å². The van der Waals surface area contributed by atoms with Crippen molar-refractivity contribution in [3.63, 3.8) is 0 Å². The molecule has 1 heterocycles. The monoisotopic (exact) mass is 341 g/mol. The molecule has 0 bridgehead atoms. The number of hydrogen-bond donors (Lipinski definition) is 1. The molecule has 1 aromatic rings. The van der Waals surface area contributed by atoms with Crippen molar-refractivity contribution in [3.05, 3.63) is 35.4 Å². The fourth-order valence-electron chi connectivity index (χ4n) is 4.67. The Balaban J connectivity index is 1.71. The predicted molar refractivity (Wildman–Crippen MR) is 83.1 cm³/mol. The van der Waals surface area contributed by atoms with Gasteiger partial charge in [-0.3, -0.25) is 4.79 Å². The molecule has 1 aliphatic carbocycles. The van der Waals surface area contributed by atoms with Crippen molar-refractivity contribution >= 4 is 5.91 Å². The highest BCUT2D eigenvalue weighted by atomic mass is 19.4. The standard InChI is InChI=1S/C18H22F3NO2/c1-16(2)9-17(11-23)10-22(8-14(16)17)15(24)7-12-4-3-5-13(6-12)18(19,20)21/h3-6,14,23H,7-11H2,1-2H3/t14-,17-/m1/s1. The minimum Gasteiger partial charge on any atom is -0.396 e. The van der Waals surface area contributed by atoms with Gasteiger partial charge in [-0.2, -0.15) is 13.2 Å². The van der Waals surface area contributed by atoms with Gasteiger partial charge in [-0.05, 0) is 29.4 Å². The van der Waals surface area contributed by atoms with Crippen LogP contribution >= 0.6 is 0 Å². The van der Waals surface area contributed by atoms with Gasteiger partial charge in [0.2, 0.25) is 5.91 Å². The van der Waals surface area contributed by atoms with Crippen LogP contribution in [-0.2, 0) is 17.4 Å². The number of alkyl halides is 3. The van der Waals surface area contributed by atoms with E-state index in [1.54, 1.807) is 11.0 Å². The summed E-state index contributed by atoms with van der Waals surface area (Å²) >= 11 is 0. The number of benzene rings is 1. The first kappa shape index (κ1) is 17.3. The third-order valence-corrected chi connectivity index (χ3v) is 5.68. The molecule has 6 heteroatoms. The lowest BCUT2D eigenvalue weighted by Crippen LogP contribution is -2.54. The zero-order valence-corrected chi connectivity index (χ0v) is 13.9. The number of aliphatic hydroxyl groups is 1. The van der Waals surface area contributed by atoms with Gasteiger partial charge in [-0.1, -0.05) is 32.0 Å². The van der Waals surface area contributed by atoms with Crippen molar-refractivity contribution in [3.8, 4) is 0 Å². The molecule has 1 saturated carbocycles. The summed E-state index contributed by atoms with van der Waals surface area (Å²) in [4.78, 5) is 14.2. The molecule has 1 aliphatic heterocycles. The molecule has 0 unspecified atom stereocenters. The maximum atomic E-state index is 12.8. The quantitative estimate of drug-likeness (QED) is 0.918. The molecule has 1 aromatic carbocycles. The molecule has 1 amide bonds. The van der Waals surface area contributed by atoms with Crippen molar-refractivity contribution in [2.75, 3.05) is 19.7 Å². The number of nitrogens with zero attached hydrogens (tertiary/aromatic N) is 1. The Morgan fingerprint density at radius 2 is 2.08 bits per heavy atom. The molecule has 1 saturated heterocycles. The first-order valence-corrected chi connectivity index (χ1v) is 8.12. The van der Waals surface area contributed by atoms with Crippen LogP contribution in [0.25, 0.3) is 0 Å². The fourth-order valence-corrected chi connectivity index (χ4v) is 4.67. The smallest absolute Gasteiger partial charge is 0.396 e. The molecule has 2 fully saturated rings. The molecule has 1 N–H and O–H groups in total. The molecule has 132 valence electrons. The number of likely N-dealkylation sites (tertiary alicyclic amines) is 1. The van der Waals surface area contributed by atoms with E-state index in [0.717, 1.165) is 18.6 Å². The largest absolute Gasteiger partial charge is 0.416 e. The first-order chi connectivity index (χ1) is 11.1. The zero-order chi connectivity index (χ0) is 17.8. The summed E-state index contributed by atoms with van der Waals surface area (Å²) in [6, 6.07) is 4.92. The van der Waals surface area contributed by atoms with Gasteiger partial charge in [-0.25, -0.2) is 0 Å². The second-order valence-corrected chi connectivity index (χ2v) is 7.89. The van der Waals surface area contributed by atoms with Crippen LogP contribution in [0.1, 0.15) is 31.4 Å². The summed E-state index contributed by atoms with van der Waals surface area (Å²) in [5.74, 6) is 0.0767. The van der Waals surface area contributed by atoms with Gasteiger partial charge in [0.1, 0.15) is 0 Å². The molecule has 2 aliphatic rings.